The molecule has 2 aromatic rings. The zero-order valence-electron chi connectivity index (χ0n) is 9.75. The van der Waals surface area contributed by atoms with Crippen LogP contribution in [0.2, 0.25) is 10.0 Å². The fraction of sp³-hybridized carbons (Fsp3) is 0.0714. The van der Waals surface area contributed by atoms with Crippen molar-refractivity contribution in [2.75, 3.05) is 5.32 Å². The van der Waals surface area contributed by atoms with Crippen LogP contribution in [0.3, 0.4) is 0 Å². The summed E-state index contributed by atoms with van der Waals surface area (Å²) in [4.78, 5) is 0. The second kappa shape index (κ2) is 6.29. The molecule has 0 saturated heterocycles. The van der Waals surface area contributed by atoms with Crippen LogP contribution in [0.5, 0.6) is 0 Å². The summed E-state index contributed by atoms with van der Waals surface area (Å²) < 4.78 is 0.866. The number of hydrogen-bond acceptors (Lipinski definition) is 2. The fourth-order valence-electron chi connectivity index (χ4n) is 1.65. The molecule has 19 heavy (non-hydrogen) atoms. The van der Waals surface area contributed by atoms with Gasteiger partial charge >= 0.3 is 0 Å². The van der Waals surface area contributed by atoms with E-state index >= 15 is 0 Å². The minimum atomic E-state index is 0.467. The van der Waals surface area contributed by atoms with E-state index in [-0.39, 0.29) is 0 Å². The van der Waals surface area contributed by atoms with E-state index in [1.807, 2.05) is 12.1 Å². The van der Waals surface area contributed by atoms with E-state index in [2.05, 4.69) is 27.3 Å². The first-order chi connectivity index (χ1) is 9.11. The van der Waals surface area contributed by atoms with E-state index < -0.39 is 0 Å². The van der Waals surface area contributed by atoms with Gasteiger partial charge in [0.1, 0.15) is 6.07 Å². The highest BCUT2D eigenvalue weighted by Gasteiger charge is 2.07. The number of hydrogen-bond donors (Lipinski definition) is 1. The van der Waals surface area contributed by atoms with Crippen molar-refractivity contribution in [3.8, 4) is 6.07 Å². The lowest BCUT2D eigenvalue weighted by Gasteiger charge is -2.11. The molecule has 0 bridgehead atoms. The Morgan fingerprint density at radius 3 is 2.47 bits per heavy atom. The predicted molar refractivity (Wildman–Crippen MR) is 82.6 cm³/mol. The molecule has 5 heteroatoms. The molecule has 0 aliphatic rings. The number of nitrogens with one attached hydrogen (secondary N) is 1. The average Bonchev–Trinajstić information content (AvgIpc) is 2.39. The Hall–Kier alpha value is -1.21. The minimum absolute atomic E-state index is 0.467. The Morgan fingerprint density at radius 1 is 1.16 bits per heavy atom. The fourth-order valence-corrected chi connectivity index (χ4v) is 2.54. The lowest BCUT2D eigenvalue weighted by molar-refractivity contribution is 1.15. The van der Waals surface area contributed by atoms with Crippen LogP contribution in [0, 0.1) is 11.3 Å². The van der Waals surface area contributed by atoms with Crippen molar-refractivity contribution < 1.29 is 0 Å². The third kappa shape index (κ3) is 3.42. The van der Waals surface area contributed by atoms with E-state index in [0.717, 1.165) is 15.7 Å². The zero-order valence-corrected chi connectivity index (χ0v) is 12.9. The maximum Gasteiger partial charge on any atom is 0.101 e. The number of benzene rings is 2. The maximum absolute atomic E-state index is 9.09. The Balaban J connectivity index is 2.22. The summed E-state index contributed by atoms with van der Waals surface area (Å²) in [6.07, 6.45) is 0. The van der Waals surface area contributed by atoms with E-state index in [1.165, 1.54) is 0 Å². The van der Waals surface area contributed by atoms with Crippen molar-refractivity contribution in [2.24, 2.45) is 0 Å². The monoisotopic (exact) mass is 354 g/mol. The molecule has 0 heterocycles. The zero-order chi connectivity index (χ0) is 13.8. The van der Waals surface area contributed by atoms with Gasteiger partial charge in [0, 0.05) is 26.6 Å². The van der Waals surface area contributed by atoms with Crippen molar-refractivity contribution >= 4 is 44.8 Å². The highest BCUT2D eigenvalue weighted by atomic mass is 79.9. The average molecular weight is 356 g/mol. The molecule has 2 rings (SSSR count). The first-order valence-corrected chi connectivity index (χ1v) is 7.03. The quantitative estimate of drug-likeness (QED) is 0.817. The lowest BCUT2D eigenvalue weighted by Crippen LogP contribution is -2.02. The summed E-state index contributed by atoms with van der Waals surface area (Å²) in [6, 6.07) is 13.0. The number of nitrogens with zero attached hydrogens (tertiary/aromatic N) is 1. The molecule has 2 nitrogen and oxygen atoms in total. The van der Waals surface area contributed by atoms with Crippen molar-refractivity contribution in [3.05, 3.63) is 62.0 Å². The third-order valence-electron chi connectivity index (χ3n) is 2.62. The molecule has 0 fully saturated rings. The highest BCUT2D eigenvalue weighted by Crippen LogP contribution is 2.26. The van der Waals surface area contributed by atoms with E-state index in [9.17, 15) is 0 Å². The largest absolute Gasteiger partial charge is 0.380 e. The molecule has 0 saturated carbocycles. The third-order valence-corrected chi connectivity index (χ3v) is 3.82. The Morgan fingerprint density at radius 2 is 1.84 bits per heavy atom. The van der Waals surface area contributed by atoms with Gasteiger partial charge in [-0.2, -0.15) is 5.26 Å². The highest BCUT2D eigenvalue weighted by molar-refractivity contribution is 9.10. The molecule has 0 unspecified atom stereocenters. The second-order valence-electron chi connectivity index (χ2n) is 3.86. The Kier molecular flexibility index (Phi) is 4.71. The van der Waals surface area contributed by atoms with Crippen molar-refractivity contribution in [3.63, 3.8) is 0 Å². The molecular weight excluding hydrogens is 347 g/mol. The van der Waals surface area contributed by atoms with Crippen LogP contribution in [0.4, 0.5) is 5.69 Å². The summed E-state index contributed by atoms with van der Waals surface area (Å²) in [6.45, 7) is 0.467. The SMILES string of the molecule is N#Cc1cc(Br)ccc1NCc1c(Cl)cccc1Cl. The molecule has 2 aromatic carbocycles. The van der Waals surface area contributed by atoms with Gasteiger partial charge in [-0.05, 0) is 30.3 Å². The summed E-state index contributed by atoms with van der Waals surface area (Å²) in [5.74, 6) is 0. The van der Waals surface area contributed by atoms with Crippen LogP contribution in [-0.2, 0) is 6.54 Å². The molecule has 0 aliphatic heterocycles. The number of rotatable bonds is 3. The van der Waals surface area contributed by atoms with Gasteiger partial charge in [0.15, 0.2) is 0 Å². The van der Waals surface area contributed by atoms with Crippen LogP contribution < -0.4 is 5.32 Å². The van der Waals surface area contributed by atoms with Gasteiger partial charge in [-0.15, -0.1) is 0 Å². The van der Waals surface area contributed by atoms with Crippen molar-refractivity contribution in [1.29, 1.82) is 5.26 Å². The first kappa shape index (κ1) is 14.2. The maximum atomic E-state index is 9.09. The van der Waals surface area contributed by atoms with Crippen molar-refractivity contribution in [2.45, 2.75) is 6.54 Å². The molecule has 1 N–H and O–H groups in total. The summed E-state index contributed by atoms with van der Waals surface area (Å²) in [7, 11) is 0. The lowest BCUT2D eigenvalue weighted by atomic mass is 10.1. The predicted octanol–water partition coefficient (Wildman–Crippen LogP) is 5.24. The number of halogens is 3. The van der Waals surface area contributed by atoms with Gasteiger partial charge in [0.25, 0.3) is 0 Å². The molecular formula is C14H9BrCl2N2. The smallest absolute Gasteiger partial charge is 0.101 e. The van der Waals surface area contributed by atoms with Gasteiger partial charge in [-0.25, -0.2) is 0 Å². The molecule has 0 amide bonds. The molecule has 0 spiro atoms. The second-order valence-corrected chi connectivity index (χ2v) is 5.59. The van der Waals surface area contributed by atoms with Crippen LogP contribution in [0.15, 0.2) is 40.9 Å². The Labute approximate surface area is 130 Å². The minimum Gasteiger partial charge on any atom is -0.380 e. The van der Waals surface area contributed by atoms with Gasteiger partial charge in [0.2, 0.25) is 0 Å². The molecule has 0 aromatic heterocycles. The summed E-state index contributed by atoms with van der Waals surface area (Å²) in [5, 5.41) is 13.5. The van der Waals surface area contributed by atoms with E-state index in [0.29, 0.717) is 22.2 Å². The number of anilines is 1. The standard InChI is InChI=1S/C14H9BrCl2N2/c15-10-4-5-14(9(6-10)7-18)19-8-11-12(16)2-1-3-13(11)17/h1-6,19H,8H2. The molecule has 96 valence electrons. The van der Waals surface area contributed by atoms with Crippen molar-refractivity contribution in [1.82, 2.24) is 0 Å². The normalized spacial score (nSPS) is 10.0. The van der Waals surface area contributed by atoms with Crippen LogP contribution in [-0.4, -0.2) is 0 Å². The molecule has 0 atom stereocenters. The first-order valence-electron chi connectivity index (χ1n) is 5.48. The van der Waals surface area contributed by atoms with E-state index in [4.69, 9.17) is 28.5 Å². The molecule has 0 aliphatic carbocycles. The van der Waals surface area contributed by atoms with Crippen LogP contribution in [0.1, 0.15) is 11.1 Å². The molecule has 0 radical (unpaired) electrons. The van der Waals surface area contributed by atoms with Crippen LogP contribution >= 0.6 is 39.1 Å². The van der Waals surface area contributed by atoms with Gasteiger partial charge in [-0.3, -0.25) is 0 Å². The Bertz CT molecular complexity index is 630. The van der Waals surface area contributed by atoms with Gasteiger partial charge in [-0.1, -0.05) is 45.2 Å². The summed E-state index contributed by atoms with van der Waals surface area (Å²) in [5.41, 5.74) is 2.14. The van der Waals surface area contributed by atoms with Gasteiger partial charge < -0.3 is 5.32 Å². The topological polar surface area (TPSA) is 35.8 Å². The van der Waals surface area contributed by atoms with E-state index in [1.54, 1.807) is 24.3 Å². The number of nitriles is 1. The van der Waals surface area contributed by atoms with Crippen LogP contribution in [0.25, 0.3) is 0 Å². The summed E-state index contributed by atoms with van der Waals surface area (Å²) >= 11 is 15.5. The van der Waals surface area contributed by atoms with Gasteiger partial charge in [0.05, 0.1) is 11.3 Å².